The van der Waals surface area contributed by atoms with Gasteiger partial charge in [-0.3, -0.25) is 0 Å². The third-order valence-corrected chi connectivity index (χ3v) is 13.7. The Balaban J connectivity index is 1.06. The van der Waals surface area contributed by atoms with Crippen molar-refractivity contribution >= 4 is 80.8 Å². The molecule has 0 fully saturated rings. The summed E-state index contributed by atoms with van der Waals surface area (Å²) < 4.78 is 6.21. The molecule has 7 aromatic carbocycles. The van der Waals surface area contributed by atoms with Gasteiger partial charge >= 0.3 is 0 Å². The highest BCUT2D eigenvalue weighted by Gasteiger charge is 2.22. The molecule has 0 spiro atoms. The maximum absolute atomic E-state index is 5.10. The molecule has 0 saturated heterocycles. The first-order valence-corrected chi connectivity index (χ1v) is 21.0. The Labute approximate surface area is 336 Å². The van der Waals surface area contributed by atoms with Crippen LogP contribution in [0.2, 0.25) is 0 Å². The lowest BCUT2D eigenvalue weighted by atomic mass is 9.97. The largest absolute Gasteiger partial charge is 0.309 e. The van der Waals surface area contributed by atoms with E-state index in [9.17, 15) is 0 Å². The number of aromatic nitrogens is 4. The maximum Gasteiger partial charge on any atom is 0.165 e. The first-order chi connectivity index (χ1) is 28.2. The summed E-state index contributed by atoms with van der Waals surface area (Å²) in [6.07, 6.45) is 6.90. The van der Waals surface area contributed by atoms with Gasteiger partial charge in [0.25, 0.3) is 0 Å². The number of thiophene rings is 2. The van der Waals surface area contributed by atoms with E-state index >= 15 is 0 Å². The molecule has 12 rings (SSSR count). The second-order valence-electron chi connectivity index (χ2n) is 14.6. The lowest BCUT2D eigenvalue weighted by Gasteiger charge is -2.09. The molecule has 0 saturated carbocycles. The highest BCUT2D eigenvalue weighted by atomic mass is 32.1. The standard InChI is InChI=1S/C51H32N4S2/c1-4-14-31(15-5-1)49-52-50(32-16-6-2-7-17-32)54-51(53-49)39-23-12-22-38-37-27-26-33(28-45(37)57-48(38)39)35-21-13-24-42-47(35)41-29-40-36-20-10-11-25-44(36)56-46(40)30-43(41)55(42)34-18-8-3-9-19-34/h1-10,12-24,26-30H,11,25H2. The first-order valence-electron chi connectivity index (χ1n) is 19.3. The zero-order chi connectivity index (χ0) is 37.5. The highest BCUT2D eigenvalue weighted by Crippen LogP contribution is 2.46. The summed E-state index contributed by atoms with van der Waals surface area (Å²) in [4.78, 5) is 16.6. The number of benzene rings is 7. The van der Waals surface area contributed by atoms with Gasteiger partial charge < -0.3 is 4.57 Å². The van der Waals surface area contributed by atoms with Crippen LogP contribution in [0.25, 0.3) is 109 Å². The number of fused-ring (bicyclic) bond motifs is 9. The molecule has 4 aromatic heterocycles. The highest BCUT2D eigenvalue weighted by molar-refractivity contribution is 7.26. The van der Waals surface area contributed by atoms with Crippen LogP contribution in [-0.4, -0.2) is 19.5 Å². The van der Waals surface area contributed by atoms with Crippen LogP contribution in [-0.2, 0) is 6.42 Å². The Morgan fingerprint density at radius 2 is 1.16 bits per heavy atom. The average molecular weight is 765 g/mol. The smallest absolute Gasteiger partial charge is 0.165 e. The van der Waals surface area contributed by atoms with Gasteiger partial charge in [0.2, 0.25) is 0 Å². The molecule has 11 aromatic rings. The molecule has 268 valence electrons. The molecule has 57 heavy (non-hydrogen) atoms. The topological polar surface area (TPSA) is 43.6 Å². The number of allylic oxidation sites excluding steroid dienone is 1. The fourth-order valence-electron chi connectivity index (χ4n) is 8.68. The molecule has 1 aliphatic rings. The Morgan fingerprint density at radius 1 is 0.474 bits per heavy atom. The van der Waals surface area contributed by atoms with Gasteiger partial charge in [-0.1, -0.05) is 127 Å². The third kappa shape index (κ3) is 5.22. The zero-order valence-electron chi connectivity index (χ0n) is 30.7. The summed E-state index contributed by atoms with van der Waals surface area (Å²) in [7, 11) is 0. The van der Waals surface area contributed by atoms with E-state index in [0.717, 1.165) is 29.5 Å². The molecular weight excluding hydrogens is 733 g/mol. The predicted molar refractivity (Wildman–Crippen MR) is 242 cm³/mol. The predicted octanol–water partition coefficient (Wildman–Crippen LogP) is 14.2. The molecule has 1 aliphatic carbocycles. The minimum atomic E-state index is 0.666. The zero-order valence-corrected chi connectivity index (χ0v) is 32.3. The molecular formula is C51H32N4S2. The number of hydrogen-bond acceptors (Lipinski definition) is 5. The lowest BCUT2D eigenvalue weighted by molar-refractivity contribution is 1.02. The van der Waals surface area contributed by atoms with Crippen LogP contribution in [0.3, 0.4) is 0 Å². The van der Waals surface area contributed by atoms with Gasteiger partial charge in [0.05, 0.1) is 11.0 Å². The molecule has 0 N–H and O–H groups in total. The van der Waals surface area contributed by atoms with Crippen molar-refractivity contribution in [3.05, 3.63) is 174 Å². The van der Waals surface area contributed by atoms with Crippen LogP contribution in [0.15, 0.2) is 164 Å². The minimum absolute atomic E-state index is 0.666. The Morgan fingerprint density at radius 3 is 1.93 bits per heavy atom. The fraction of sp³-hybridized carbons (Fsp3) is 0.0392. The van der Waals surface area contributed by atoms with Crippen LogP contribution in [0.5, 0.6) is 0 Å². The van der Waals surface area contributed by atoms with Crippen molar-refractivity contribution in [1.29, 1.82) is 0 Å². The van der Waals surface area contributed by atoms with Crippen molar-refractivity contribution in [2.75, 3.05) is 0 Å². The monoisotopic (exact) mass is 764 g/mol. The number of aryl methyl sites for hydroxylation is 1. The van der Waals surface area contributed by atoms with Gasteiger partial charge in [-0.25, -0.2) is 15.0 Å². The molecule has 4 heterocycles. The quantitative estimate of drug-likeness (QED) is 0.175. The van der Waals surface area contributed by atoms with E-state index in [0.29, 0.717) is 17.5 Å². The van der Waals surface area contributed by atoms with Crippen LogP contribution < -0.4 is 0 Å². The van der Waals surface area contributed by atoms with Crippen molar-refractivity contribution in [3.63, 3.8) is 0 Å². The van der Waals surface area contributed by atoms with E-state index in [1.54, 1.807) is 0 Å². The number of para-hydroxylation sites is 1. The lowest BCUT2D eigenvalue weighted by Crippen LogP contribution is -2.00. The summed E-state index contributed by atoms with van der Waals surface area (Å²) in [6, 6.07) is 56.4. The van der Waals surface area contributed by atoms with Crippen molar-refractivity contribution < 1.29 is 0 Å². The summed E-state index contributed by atoms with van der Waals surface area (Å²) in [5.41, 5.74) is 10.4. The number of nitrogens with zero attached hydrogens (tertiary/aromatic N) is 4. The van der Waals surface area contributed by atoms with Crippen LogP contribution in [0.4, 0.5) is 0 Å². The van der Waals surface area contributed by atoms with Gasteiger partial charge in [-0.05, 0) is 72.0 Å². The van der Waals surface area contributed by atoms with Gasteiger partial charge in [0, 0.05) is 68.3 Å². The summed E-state index contributed by atoms with van der Waals surface area (Å²) in [6.45, 7) is 0. The Hall–Kier alpha value is -6.73. The molecule has 0 atom stereocenters. The van der Waals surface area contributed by atoms with Gasteiger partial charge in [0.1, 0.15) is 0 Å². The molecule has 0 radical (unpaired) electrons. The van der Waals surface area contributed by atoms with Crippen molar-refractivity contribution in [2.45, 2.75) is 12.8 Å². The van der Waals surface area contributed by atoms with E-state index < -0.39 is 0 Å². The molecule has 0 aliphatic heterocycles. The number of hydrogen-bond donors (Lipinski definition) is 0. The second-order valence-corrected chi connectivity index (χ2v) is 16.8. The minimum Gasteiger partial charge on any atom is -0.309 e. The summed E-state index contributed by atoms with van der Waals surface area (Å²) in [5.74, 6) is 2.01. The normalized spacial score (nSPS) is 12.7. The van der Waals surface area contributed by atoms with Crippen LogP contribution in [0, 0.1) is 0 Å². The maximum atomic E-state index is 5.10. The summed E-state index contributed by atoms with van der Waals surface area (Å²) >= 11 is 3.77. The first kappa shape index (κ1) is 32.5. The summed E-state index contributed by atoms with van der Waals surface area (Å²) in [5, 5.41) is 6.37. The van der Waals surface area contributed by atoms with E-state index in [1.807, 2.05) is 59.1 Å². The number of rotatable bonds is 5. The van der Waals surface area contributed by atoms with Gasteiger partial charge in [0.15, 0.2) is 17.5 Å². The molecule has 0 unspecified atom stereocenters. The van der Waals surface area contributed by atoms with E-state index in [2.05, 4.69) is 138 Å². The Kier molecular flexibility index (Phi) is 7.37. The van der Waals surface area contributed by atoms with E-state index in [4.69, 9.17) is 15.0 Å². The molecule has 0 amide bonds. The van der Waals surface area contributed by atoms with Gasteiger partial charge in [-0.15, -0.1) is 22.7 Å². The van der Waals surface area contributed by atoms with Gasteiger partial charge in [-0.2, -0.15) is 0 Å². The molecule has 6 heteroatoms. The fourth-order valence-corrected chi connectivity index (χ4v) is 11.2. The van der Waals surface area contributed by atoms with Crippen molar-refractivity contribution in [2.24, 2.45) is 0 Å². The van der Waals surface area contributed by atoms with E-state index in [1.165, 1.54) is 79.3 Å². The third-order valence-electron chi connectivity index (χ3n) is 11.3. The second kappa shape index (κ2) is 12.9. The van der Waals surface area contributed by atoms with Crippen LogP contribution >= 0.6 is 22.7 Å². The van der Waals surface area contributed by atoms with Crippen molar-refractivity contribution in [1.82, 2.24) is 19.5 Å². The molecule has 4 nitrogen and oxygen atoms in total. The van der Waals surface area contributed by atoms with E-state index in [-0.39, 0.29) is 0 Å². The molecule has 0 bridgehead atoms. The van der Waals surface area contributed by atoms with Crippen molar-refractivity contribution in [3.8, 4) is 51.0 Å². The van der Waals surface area contributed by atoms with Crippen LogP contribution in [0.1, 0.15) is 16.9 Å². The SMILES string of the molecule is C1=Cc2c(sc3cc4c(cc23)c2c(-c3ccc5c(c3)sc3c(-c6nc(-c7ccccc7)nc(-c7ccccc7)n6)cccc35)cccc2n4-c2ccccc2)CC1. The Bertz CT molecular complexity index is 3340. The average Bonchev–Trinajstić information content (AvgIpc) is 3.95.